The molecule has 0 saturated heterocycles. The third-order valence-electron chi connectivity index (χ3n) is 15.5. The lowest BCUT2D eigenvalue weighted by molar-refractivity contribution is 0.436. The summed E-state index contributed by atoms with van der Waals surface area (Å²) in [5.41, 5.74) is 20.2. The van der Waals surface area contributed by atoms with Crippen molar-refractivity contribution in [3.05, 3.63) is 286 Å². The number of para-hydroxylation sites is 5. The summed E-state index contributed by atoms with van der Waals surface area (Å²) in [6.07, 6.45) is 3.32. The molecule has 3 aliphatic rings. The number of benzene rings is 10. The SMILES string of the molecule is Cc1ccccc1-c1cc(-c2ccc3sc4c(c3c2)=CC(N(c2ccccc2)c2ccccc2)CC=4N(c2ccccc2)c2ccc3c(c2)-c2ccccc2C32c3ccccc3Oc3ccccc32)ccc1C. The Bertz CT molecular complexity index is 4000. The quantitative estimate of drug-likeness (QED) is 0.151. The van der Waals surface area contributed by atoms with Crippen LogP contribution in [-0.4, -0.2) is 6.04 Å². The predicted octanol–water partition coefficient (Wildman–Crippen LogP) is 16.7. The highest BCUT2D eigenvalue weighted by atomic mass is 32.1. The van der Waals surface area contributed by atoms with Crippen molar-refractivity contribution in [1.29, 1.82) is 0 Å². The van der Waals surface area contributed by atoms with E-state index in [1.54, 1.807) is 0 Å². The Morgan fingerprint density at radius 2 is 0.986 bits per heavy atom. The average molecular weight is 955 g/mol. The van der Waals surface area contributed by atoms with Gasteiger partial charge in [0.25, 0.3) is 0 Å². The van der Waals surface area contributed by atoms with Gasteiger partial charge in [-0.15, -0.1) is 11.3 Å². The largest absolute Gasteiger partial charge is 0.457 e. The van der Waals surface area contributed by atoms with Crippen molar-refractivity contribution in [2.24, 2.45) is 0 Å². The zero-order valence-electron chi connectivity index (χ0n) is 40.7. The molecule has 14 rings (SSSR count). The van der Waals surface area contributed by atoms with Gasteiger partial charge in [0.1, 0.15) is 11.5 Å². The third kappa shape index (κ3) is 6.85. The van der Waals surface area contributed by atoms with E-state index in [-0.39, 0.29) is 6.04 Å². The summed E-state index contributed by atoms with van der Waals surface area (Å²) in [5, 5.41) is 2.55. The fourth-order valence-electron chi connectivity index (χ4n) is 12.3. The van der Waals surface area contributed by atoms with E-state index >= 15 is 0 Å². The van der Waals surface area contributed by atoms with Crippen molar-refractivity contribution < 1.29 is 4.74 Å². The molecule has 0 N–H and O–H groups in total. The lowest BCUT2D eigenvalue weighted by atomic mass is 9.66. The van der Waals surface area contributed by atoms with Crippen LogP contribution in [0.1, 0.15) is 39.8 Å². The second kappa shape index (κ2) is 17.3. The van der Waals surface area contributed by atoms with E-state index in [0.29, 0.717) is 0 Å². The first-order valence-electron chi connectivity index (χ1n) is 25.3. The number of aryl methyl sites for hydroxylation is 2. The monoisotopic (exact) mass is 954 g/mol. The lowest BCUT2D eigenvalue weighted by Crippen LogP contribution is -2.41. The molecule has 2 aliphatic carbocycles. The van der Waals surface area contributed by atoms with Gasteiger partial charge in [0.05, 0.1) is 16.0 Å². The third-order valence-corrected chi connectivity index (χ3v) is 16.8. The number of thiophene rings is 1. The van der Waals surface area contributed by atoms with Gasteiger partial charge in [-0.05, 0) is 148 Å². The van der Waals surface area contributed by atoms with Gasteiger partial charge in [-0.2, -0.15) is 0 Å². The van der Waals surface area contributed by atoms with Gasteiger partial charge in [0.2, 0.25) is 0 Å². The van der Waals surface area contributed by atoms with E-state index in [9.17, 15) is 0 Å². The Morgan fingerprint density at radius 1 is 0.438 bits per heavy atom. The zero-order chi connectivity index (χ0) is 48.6. The Morgan fingerprint density at radius 3 is 1.67 bits per heavy atom. The van der Waals surface area contributed by atoms with Crippen LogP contribution in [0.4, 0.5) is 22.7 Å². The van der Waals surface area contributed by atoms with E-state index in [2.05, 4.69) is 272 Å². The molecule has 10 aromatic carbocycles. The van der Waals surface area contributed by atoms with E-state index in [1.165, 1.54) is 92.3 Å². The van der Waals surface area contributed by atoms with Gasteiger partial charge < -0.3 is 14.5 Å². The molecule has 0 saturated carbocycles. The fourth-order valence-corrected chi connectivity index (χ4v) is 13.5. The Balaban J connectivity index is 1.01. The second-order valence-electron chi connectivity index (χ2n) is 19.6. The molecule has 1 atom stereocenters. The van der Waals surface area contributed by atoms with Gasteiger partial charge in [0, 0.05) is 61.3 Å². The van der Waals surface area contributed by atoms with E-state index in [1.807, 2.05) is 11.3 Å². The molecule has 0 amide bonds. The minimum atomic E-state index is -0.550. The van der Waals surface area contributed by atoms with Gasteiger partial charge in [-0.25, -0.2) is 0 Å². The van der Waals surface area contributed by atoms with Gasteiger partial charge in [-0.1, -0.05) is 170 Å². The molecule has 1 unspecified atom stereocenters. The molecule has 2 heterocycles. The lowest BCUT2D eigenvalue weighted by Gasteiger charge is -2.39. The number of rotatable bonds is 8. The molecule has 3 nitrogen and oxygen atoms in total. The van der Waals surface area contributed by atoms with Crippen molar-refractivity contribution in [2.75, 3.05) is 9.80 Å². The highest BCUT2D eigenvalue weighted by molar-refractivity contribution is 7.17. The van der Waals surface area contributed by atoms with Crippen LogP contribution in [0.2, 0.25) is 0 Å². The summed E-state index contributed by atoms with van der Waals surface area (Å²) in [6.45, 7) is 4.43. The number of hydrogen-bond donors (Lipinski definition) is 0. The summed E-state index contributed by atoms with van der Waals surface area (Å²) in [7, 11) is 0. The van der Waals surface area contributed by atoms with Crippen molar-refractivity contribution in [3.63, 3.8) is 0 Å². The standard InChI is InChI=1S/C69H50N2OS/c1-45-20-12-13-27-54(45)56-40-47(35-34-46(56)2)48-36-39-67-58(41-48)59-43-53(70(49-21-6-3-7-22-49)50-23-8-4-9-24-50)44-64(68(59)73-67)71(51-25-10-5-11-26-51)52-37-38-61-57(42-52)55-28-14-15-29-60(55)69(61)62-30-16-18-32-65(62)72-66-33-19-17-31-63(66)69/h3-43,53H,44H2,1-2H3. The first-order chi connectivity index (χ1) is 36.0. The van der Waals surface area contributed by atoms with Crippen molar-refractivity contribution in [3.8, 4) is 44.9 Å². The van der Waals surface area contributed by atoms with E-state index < -0.39 is 5.41 Å². The van der Waals surface area contributed by atoms with Crippen LogP contribution in [0.5, 0.6) is 11.5 Å². The zero-order valence-corrected chi connectivity index (χ0v) is 41.5. The van der Waals surface area contributed by atoms with Crippen molar-refractivity contribution >= 4 is 55.9 Å². The maximum atomic E-state index is 6.69. The van der Waals surface area contributed by atoms with E-state index in [0.717, 1.165) is 40.7 Å². The number of nitrogens with zero attached hydrogens (tertiary/aromatic N) is 2. The van der Waals surface area contributed by atoms with Gasteiger partial charge >= 0.3 is 0 Å². The van der Waals surface area contributed by atoms with Crippen LogP contribution in [0.25, 0.3) is 55.2 Å². The number of anilines is 4. The van der Waals surface area contributed by atoms with Crippen molar-refractivity contribution in [1.82, 2.24) is 0 Å². The Labute approximate surface area is 430 Å². The second-order valence-corrected chi connectivity index (χ2v) is 20.7. The molecule has 0 fully saturated rings. The van der Waals surface area contributed by atoms with Gasteiger partial charge in [0.15, 0.2) is 0 Å². The van der Waals surface area contributed by atoms with Crippen LogP contribution < -0.4 is 24.3 Å². The maximum absolute atomic E-state index is 6.69. The van der Waals surface area contributed by atoms with Gasteiger partial charge in [-0.3, -0.25) is 0 Å². The smallest absolute Gasteiger partial charge is 0.132 e. The summed E-state index contributed by atoms with van der Waals surface area (Å²) < 4.78 is 9.26. The Kier molecular flexibility index (Phi) is 10.2. The molecule has 348 valence electrons. The fraction of sp³-hybridized carbons (Fsp3) is 0.0725. The highest BCUT2D eigenvalue weighted by Gasteiger charge is 2.51. The topological polar surface area (TPSA) is 15.7 Å². The minimum absolute atomic E-state index is 0.0272. The average Bonchev–Trinajstić information content (AvgIpc) is 3.97. The minimum Gasteiger partial charge on any atom is -0.457 e. The molecule has 0 bridgehead atoms. The molecule has 4 heteroatoms. The molecular weight excluding hydrogens is 905 g/mol. The maximum Gasteiger partial charge on any atom is 0.132 e. The molecular formula is C69H50N2OS. The molecule has 11 aromatic rings. The first kappa shape index (κ1) is 43.1. The molecule has 0 radical (unpaired) electrons. The van der Waals surface area contributed by atoms with Crippen LogP contribution in [-0.2, 0) is 5.41 Å². The molecule has 1 aromatic heterocycles. The highest BCUT2D eigenvalue weighted by Crippen LogP contribution is 2.62. The molecule has 1 aliphatic heterocycles. The van der Waals surface area contributed by atoms with Crippen LogP contribution in [0.3, 0.4) is 0 Å². The first-order valence-corrected chi connectivity index (χ1v) is 26.1. The summed E-state index contributed by atoms with van der Waals surface area (Å²) in [5.74, 6) is 1.80. The summed E-state index contributed by atoms with van der Waals surface area (Å²) >= 11 is 1.91. The number of fused-ring (bicyclic) bond motifs is 12. The summed E-state index contributed by atoms with van der Waals surface area (Å²) in [4.78, 5) is 5.11. The van der Waals surface area contributed by atoms with Crippen molar-refractivity contribution in [2.45, 2.75) is 31.7 Å². The van der Waals surface area contributed by atoms with Crippen LogP contribution in [0, 0.1) is 13.8 Å². The summed E-state index contributed by atoms with van der Waals surface area (Å²) in [6, 6.07) is 89.2. The van der Waals surface area contributed by atoms with Crippen LogP contribution >= 0.6 is 11.3 Å². The number of ether oxygens (including phenoxy) is 1. The Hall–Kier alpha value is -8.70. The molecule has 1 spiro atoms. The predicted molar refractivity (Wildman–Crippen MR) is 305 cm³/mol. The van der Waals surface area contributed by atoms with Crippen LogP contribution in [0.15, 0.2) is 243 Å². The van der Waals surface area contributed by atoms with E-state index in [4.69, 9.17) is 4.74 Å². The molecule has 73 heavy (non-hydrogen) atoms. The normalized spacial score (nSPS) is 14.5. The number of hydrogen-bond acceptors (Lipinski definition) is 4.